The van der Waals surface area contributed by atoms with Crippen molar-refractivity contribution in [3.05, 3.63) is 42.0 Å². The first-order valence-corrected chi connectivity index (χ1v) is 12.9. The SMILES string of the molecule is C=CCN(C(=O)C1N(CCCCO)C(=O)[C@@H]2[C@H](C(=O)OCC)[C@]3(C)CCC12O3)c1c(C)cccc1C. The lowest BCUT2D eigenvalue weighted by Gasteiger charge is -2.37. The fourth-order valence-corrected chi connectivity index (χ4v) is 6.73. The van der Waals surface area contributed by atoms with E-state index in [9.17, 15) is 19.5 Å². The van der Waals surface area contributed by atoms with Crippen molar-refractivity contribution >= 4 is 23.5 Å². The molecule has 2 bridgehead atoms. The number of aliphatic hydroxyl groups excluding tert-OH is 1. The Kier molecular flexibility index (Phi) is 7.30. The molecule has 5 atom stereocenters. The van der Waals surface area contributed by atoms with Crippen LogP contribution in [-0.4, -0.2) is 71.3 Å². The highest BCUT2D eigenvalue weighted by molar-refractivity contribution is 6.05. The number of aryl methyl sites for hydroxylation is 2. The van der Waals surface area contributed by atoms with Crippen LogP contribution in [0.4, 0.5) is 5.69 Å². The molecule has 3 fully saturated rings. The van der Waals surface area contributed by atoms with Crippen LogP contribution in [0.3, 0.4) is 0 Å². The summed E-state index contributed by atoms with van der Waals surface area (Å²) in [6.45, 7) is 12.2. The molecule has 1 spiro atoms. The van der Waals surface area contributed by atoms with Crippen molar-refractivity contribution in [2.24, 2.45) is 11.8 Å². The average molecular weight is 499 g/mol. The van der Waals surface area contributed by atoms with E-state index in [-0.39, 0.29) is 31.6 Å². The molecule has 8 nitrogen and oxygen atoms in total. The van der Waals surface area contributed by atoms with Gasteiger partial charge >= 0.3 is 5.97 Å². The first-order chi connectivity index (χ1) is 17.2. The number of benzene rings is 1. The van der Waals surface area contributed by atoms with Crippen LogP contribution in [0.1, 0.15) is 50.7 Å². The number of hydrogen-bond donors (Lipinski definition) is 1. The lowest BCUT2D eigenvalue weighted by molar-refractivity contribution is -0.159. The molecule has 196 valence electrons. The molecule has 0 radical (unpaired) electrons. The van der Waals surface area contributed by atoms with Gasteiger partial charge in [0.15, 0.2) is 0 Å². The molecule has 36 heavy (non-hydrogen) atoms. The number of anilines is 1. The Morgan fingerprint density at radius 2 is 1.97 bits per heavy atom. The van der Waals surface area contributed by atoms with Crippen LogP contribution < -0.4 is 4.90 Å². The zero-order valence-corrected chi connectivity index (χ0v) is 21.8. The molecule has 0 aromatic heterocycles. The van der Waals surface area contributed by atoms with Crippen molar-refractivity contribution < 1.29 is 29.0 Å². The van der Waals surface area contributed by atoms with E-state index < -0.39 is 35.0 Å². The van der Waals surface area contributed by atoms with Gasteiger partial charge in [-0.15, -0.1) is 6.58 Å². The predicted molar refractivity (Wildman–Crippen MR) is 135 cm³/mol. The van der Waals surface area contributed by atoms with Crippen molar-refractivity contribution in [2.75, 3.05) is 31.2 Å². The molecule has 1 aromatic carbocycles. The average Bonchev–Trinajstić information content (AvgIpc) is 3.39. The molecule has 3 saturated heterocycles. The molecule has 3 heterocycles. The van der Waals surface area contributed by atoms with Gasteiger partial charge in [0.05, 0.1) is 18.1 Å². The molecule has 3 aliphatic heterocycles. The van der Waals surface area contributed by atoms with E-state index in [2.05, 4.69) is 6.58 Å². The maximum atomic E-state index is 14.5. The van der Waals surface area contributed by atoms with Gasteiger partial charge < -0.3 is 24.4 Å². The van der Waals surface area contributed by atoms with Crippen LogP contribution in [0, 0.1) is 25.7 Å². The van der Waals surface area contributed by atoms with Gasteiger partial charge in [-0.3, -0.25) is 14.4 Å². The maximum Gasteiger partial charge on any atom is 0.312 e. The summed E-state index contributed by atoms with van der Waals surface area (Å²) in [5, 5.41) is 9.35. The highest BCUT2D eigenvalue weighted by Gasteiger charge is 2.78. The summed E-state index contributed by atoms with van der Waals surface area (Å²) in [6.07, 6.45) is 3.81. The summed E-state index contributed by atoms with van der Waals surface area (Å²) >= 11 is 0. The quantitative estimate of drug-likeness (QED) is 0.303. The fourth-order valence-electron chi connectivity index (χ4n) is 6.73. The number of carbonyl (C=O) groups excluding carboxylic acids is 3. The summed E-state index contributed by atoms with van der Waals surface area (Å²) in [5.74, 6) is -2.46. The first-order valence-electron chi connectivity index (χ1n) is 12.9. The largest absolute Gasteiger partial charge is 0.466 e. The summed E-state index contributed by atoms with van der Waals surface area (Å²) in [6, 6.07) is 4.99. The number of aliphatic hydroxyl groups is 1. The summed E-state index contributed by atoms with van der Waals surface area (Å²) < 4.78 is 12.0. The van der Waals surface area contributed by atoms with Gasteiger partial charge in [-0.25, -0.2) is 0 Å². The normalized spacial score (nSPS) is 30.4. The van der Waals surface area contributed by atoms with Crippen LogP contribution in [0.15, 0.2) is 30.9 Å². The number of unbranched alkanes of at least 4 members (excludes halogenated alkanes) is 1. The number of hydrogen-bond acceptors (Lipinski definition) is 6. The summed E-state index contributed by atoms with van der Waals surface area (Å²) in [7, 11) is 0. The van der Waals surface area contributed by atoms with E-state index in [0.717, 1.165) is 16.8 Å². The Balaban J connectivity index is 1.81. The first kappa shape index (κ1) is 26.4. The number of likely N-dealkylation sites (tertiary alicyclic amines) is 1. The van der Waals surface area contributed by atoms with Gasteiger partial charge in [-0.05, 0) is 64.5 Å². The van der Waals surface area contributed by atoms with E-state index in [1.165, 1.54) is 0 Å². The second-order valence-corrected chi connectivity index (χ2v) is 10.4. The van der Waals surface area contributed by atoms with Crippen molar-refractivity contribution in [1.29, 1.82) is 0 Å². The Morgan fingerprint density at radius 3 is 2.58 bits per heavy atom. The van der Waals surface area contributed by atoms with Gasteiger partial charge in [0.2, 0.25) is 5.91 Å². The third-order valence-corrected chi connectivity index (χ3v) is 8.15. The molecule has 4 rings (SSSR count). The number of carbonyl (C=O) groups is 3. The number of ether oxygens (including phenoxy) is 2. The highest BCUT2D eigenvalue weighted by Crippen LogP contribution is 2.63. The number of para-hydroxylation sites is 1. The smallest absolute Gasteiger partial charge is 0.312 e. The van der Waals surface area contributed by atoms with Crippen molar-refractivity contribution in [3.8, 4) is 0 Å². The second-order valence-electron chi connectivity index (χ2n) is 10.4. The minimum Gasteiger partial charge on any atom is -0.466 e. The zero-order valence-electron chi connectivity index (χ0n) is 21.8. The number of nitrogens with zero attached hydrogens (tertiary/aromatic N) is 2. The number of amides is 2. The minimum absolute atomic E-state index is 0.000229. The van der Waals surface area contributed by atoms with Gasteiger partial charge in [0, 0.05) is 25.4 Å². The molecule has 2 amide bonds. The van der Waals surface area contributed by atoms with E-state index in [1.807, 2.05) is 39.0 Å². The monoisotopic (exact) mass is 498 g/mol. The highest BCUT2D eigenvalue weighted by atomic mass is 16.6. The topological polar surface area (TPSA) is 96.4 Å². The molecule has 0 aliphatic carbocycles. The second kappa shape index (κ2) is 9.98. The van der Waals surface area contributed by atoms with Gasteiger partial charge in [0.1, 0.15) is 17.6 Å². The van der Waals surface area contributed by atoms with Crippen molar-refractivity contribution in [1.82, 2.24) is 4.90 Å². The van der Waals surface area contributed by atoms with Crippen LogP contribution >= 0.6 is 0 Å². The molecular weight excluding hydrogens is 460 g/mol. The van der Waals surface area contributed by atoms with E-state index in [4.69, 9.17) is 9.47 Å². The summed E-state index contributed by atoms with van der Waals surface area (Å²) in [4.78, 5) is 44.9. The lowest BCUT2D eigenvalue weighted by atomic mass is 9.66. The van der Waals surface area contributed by atoms with E-state index in [0.29, 0.717) is 32.2 Å². The molecule has 0 saturated carbocycles. The maximum absolute atomic E-state index is 14.5. The minimum atomic E-state index is -1.10. The molecule has 2 unspecified atom stereocenters. The predicted octanol–water partition coefficient (Wildman–Crippen LogP) is 2.92. The lowest BCUT2D eigenvalue weighted by Crippen LogP contribution is -2.56. The summed E-state index contributed by atoms with van der Waals surface area (Å²) in [5.41, 5.74) is 0.734. The van der Waals surface area contributed by atoms with Crippen molar-refractivity contribution in [3.63, 3.8) is 0 Å². The van der Waals surface area contributed by atoms with Gasteiger partial charge in [0.25, 0.3) is 5.91 Å². The standard InChI is InChI=1S/C28H38N2O6/c1-6-15-29(22-18(3)11-10-12-19(22)4)25(33)23-28-14-13-27(5,36-28)21(26(34)35-7-2)20(28)24(32)30(23)16-8-9-17-31/h6,10-12,20-21,23,31H,1,7-9,13-17H2,2-5H3/t20-,21+,23?,27-,28?/m0/s1. The molecule has 1 aromatic rings. The zero-order chi connectivity index (χ0) is 26.3. The number of fused-ring (bicyclic) bond motifs is 1. The molecule has 3 aliphatic rings. The van der Waals surface area contributed by atoms with Crippen LogP contribution in [0.5, 0.6) is 0 Å². The number of rotatable bonds is 10. The number of esters is 1. The van der Waals surface area contributed by atoms with Crippen LogP contribution in [0.2, 0.25) is 0 Å². The van der Waals surface area contributed by atoms with E-state index >= 15 is 0 Å². The van der Waals surface area contributed by atoms with Crippen LogP contribution in [-0.2, 0) is 23.9 Å². The Bertz CT molecular complexity index is 1040. The van der Waals surface area contributed by atoms with Gasteiger partial charge in [-0.2, -0.15) is 0 Å². The molecule has 8 heteroatoms. The Labute approximate surface area is 213 Å². The Morgan fingerprint density at radius 1 is 1.28 bits per heavy atom. The fraction of sp³-hybridized carbons (Fsp3) is 0.607. The van der Waals surface area contributed by atoms with Crippen molar-refractivity contribution in [2.45, 2.75) is 70.6 Å². The van der Waals surface area contributed by atoms with E-state index in [1.54, 1.807) is 22.8 Å². The molecule has 1 N–H and O–H groups in total. The third-order valence-electron chi connectivity index (χ3n) is 8.15. The van der Waals surface area contributed by atoms with Gasteiger partial charge in [-0.1, -0.05) is 24.3 Å². The van der Waals surface area contributed by atoms with Crippen LogP contribution in [0.25, 0.3) is 0 Å². The third kappa shape index (κ3) is 3.95. The Hall–Kier alpha value is -2.71. The molecular formula is C28H38N2O6.